The van der Waals surface area contributed by atoms with Crippen LogP contribution in [0.2, 0.25) is 0 Å². The van der Waals surface area contributed by atoms with Crippen molar-refractivity contribution in [3.63, 3.8) is 0 Å². The Bertz CT molecular complexity index is 1390. The molecular formula is C30H29N3O4. The number of nitrogens with one attached hydrogen (secondary N) is 1. The molecule has 7 heteroatoms. The average Bonchev–Trinajstić information content (AvgIpc) is 3.36. The van der Waals surface area contributed by atoms with Gasteiger partial charge in [-0.1, -0.05) is 79.7 Å². The van der Waals surface area contributed by atoms with Crippen LogP contribution in [0.4, 0.5) is 0 Å². The molecule has 0 saturated carbocycles. The zero-order chi connectivity index (χ0) is 26.2. The van der Waals surface area contributed by atoms with Crippen LogP contribution in [-0.2, 0) is 13.2 Å². The zero-order valence-corrected chi connectivity index (χ0v) is 21.2. The Kier molecular flexibility index (Phi) is 8.22. The van der Waals surface area contributed by atoms with Crippen LogP contribution < -0.4 is 14.8 Å². The molecule has 7 nitrogen and oxygen atoms in total. The van der Waals surface area contributed by atoms with E-state index in [1.807, 2.05) is 72.8 Å². The fourth-order valence-corrected chi connectivity index (χ4v) is 3.90. The minimum atomic E-state index is -0.465. The third-order valence-electron chi connectivity index (χ3n) is 5.81. The van der Waals surface area contributed by atoms with Gasteiger partial charge < -0.3 is 19.3 Å². The van der Waals surface area contributed by atoms with Crippen LogP contribution in [0.5, 0.6) is 11.5 Å². The molecule has 188 valence electrons. The molecular weight excluding hydrogens is 466 g/mol. The van der Waals surface area contributed by atoms with Gasteiger partial charge >= 0.3 is 0 Å². The minimum Gasteiger partial charge on any atom is -0.488 e. The summed E-state index contributed by atoms with van der Waals surface area (Å²) in [6.07, 6.45) is 0. The van der Waals surface area contributed by atoms with E-state index in [-0.39, 0.29) is 22.9 Å². The van der Waals surface area contributed by atoms with Crippen molar-refractivity contribution in [2.45, 2.75) is 39.9 Å². The molecule has 0 spiro atoms. The highest BCUT2D eigenvalue weighted by atomic mass is 16.5. The molecule has 4 aromatic rings. The lowest BCUT2D eigenvalue weighted by Crippen LogP contribution is -2.23. The highest BCUT2D eigenvalue weighted by molar-refractivity contribution is 5.96. The number of hydrogen-bond acceptors (Lipinski definition) is 6. The van der Waals surface area contributed by atoms with E-state index in [4.69, 9.17) is 14.0 Å². The van der Waals surface area contributed by atoms with Crippen molar-refractivity contribution in [1.29, 1.82) is 5.26 Å². The normalized spacial score (nSPS) is 10.7. The highest BCUT2D eigenvalue weighted by Gasteiger charge is 2.27. The van der Waals surface area contributed by atoms with Gasteiger partial charge in [0.1, 0.15) is 36.3 Å². The van der Waals surface area contributed by atoms with E-state index in [9.17, 15) is 10.1 Å². The summed E-state index contributed by atoms with van der Waals surface area (Å²) in [5.41, 5.74) is 3.48. The molecule has 0 fully saturated rings. The lowest BCUT2D eigenvalue weighted by molar-refractivity contribution is 0.0946. The largest absolute Gasteiger partial charge is 0.488 e. The van der Waals surface area contributed by atoms with Crippen LogP contribution in [0.25, 0.3) is 11.3 Å². The Balaban J connectivity index is 1.79. The van der Waals surface area contributed by atoms with Crippen LogP contribution in [0.1, 0.15) is 59.4 Å². The van der Waals surface area contributed by atoms with Gasteiger partial charge in [0.25, 0.3) is 5.91 Å². The van der Waals surface area contributed by atoms with Crippen molar-refractivity contribution in [3.8, 4) is 28.9 Å². The molecule has 1 amide bonds. The first kappa shape index (κ1) is 25.5. The number of nitriles is 1. The molecule has 0 bridgehead atoms. The summed E-state index contributed by atoms with van der Waals surface area (Å²) in [5, 5.41) is 16.5. The molecule has 3 aromatic carbocycles. The predicted molar refractivity (Wildman–Crippen MR) is 140 cm³/mol. The topological polar surface area (TPSA) is 97.4 Å². The number of benzene rings is 3. The van der Waals surface area contributed by atoms with Crippen LogP contribution in [0.3, 0.4) is 0 Å². The van der Waals surface area contributed by atoms with E-state index in [2.05, 4.69) is 30.4 Å². The molecule has 0 radical (unpaired) electrons. The second-order valence-electron chi connectivity index (χ2n) is 8.80. The first-order valence-corrected chi connectivity index (χ1v) is 12.2. The number of nitrogens with zero attached hydrogens (tertiary/aromatic N) is 2. The molecule has 0 atom stereocenters. The number of hydrogen-bond donors (Lipinski definition) is 1. The summed E-state index contributed by atoms with van der Waals surface area (Å²) < 4.78 is 18.1. The fraction of sp³-hybridized carbons (Fsp3) is 0.233. The Morgan fingerprint density at radius 2 is 1.57 bits per heavy atom. The van der Waals surface area contributed by atoms with E-state index in [1.165, 1.54) is 0 Å². The molecule has 0 aliphatic carbocycles. The molecule has 0 unspecified atom stereocenters. The summed E-state index contributed by atoms with van der Waals surface area (Å²) in [7, 11) is 0. The van der Waals surface area contributed by atoms with Gasteiger partial charge in [-0.15, -0.1) is 0 Å². The number of carbonyl (C=O) groups is 1. The molecule has 0 saturated heterocycles. The maximum absolute atomic E-state index is 12.5. The Morgan fingerprint density at radius 1 is 0.973 bits per heavy atom. The highest BCUT2D eigenvalue weighted by Crippen LogP contribution is 2.41. The summed E-state index contributed by atoms with van der Waals surface area (Å²) in [6.45, 7) is 7.01. The van der Waals surface area contributed by atoms with Gasteiger partial charge in [0.2, 0.25) is 0 Å². The molecule has 0 aliphatic heterocycles. The smallest absolute Gasteiger partial charge is 0.274 e. The summed E-state index contributed by atoms with van der Waals surface area (Å²) >= 11 is 0. The standard InChI is InChI=1S/C30H29N3O4/c1-4-32-30(34)28-25(17-31)29(37-33-28)24-15-23(20(2)3)26(35-18-21-11-7-5-8-12-21)16-27(24)36-19-22-13-9-6-10-14-22/h5-16,20H,4,18-19H2,1-3H3,(H,32,34). The summed E-state index contributed by atoms with van der Waals surface area (Å²) in [6, 6.07) is 25.5. The van der Waals surface area contributed by atoms with E-state index in [0.29, 0.717) is 36.8 Å². The first-order valence-electron chi connectivity index (χ1n) is 12.2. The Labute approximate surface area is 216 Å². The van der Waals surface area contributed by atoms with Crippen molar-refractivity contribution in [3.05, 3.63) is 101 Å². The van der Waals surface area contributed by atoms with Gasteiger partial charge in [-0.25, -0.2) is 0 Å². The maximum Gasteiger partial charge on any atom is 0.274 e. The number of ether oxygens (including phenoxy) is 2. The number of rotatable bonds is 10. The monoisotopic (exact) mass is 495 g/mol. The second kappa shape index (κ2) is 11.9. The molecule has 0 aliphatic rings. The Morgan fingerprint density at radius 3 is 2.11 bits per heavy atom. The Hall–Kier alpha value is -4.57. The SMILES string of the molecule is CCNC(=O)c1noc(-c2cc(C(C)C)c(OCc3ccccc3)cc2OCc2ccccc2)c1C#N. The quantitative estimate of drug-likeness (QED) is 0.279. The minimum absolute atomic E-state index is 0.0520. The van der Waals surface area contributed by atoms with E-state index >= 15 is 0 Å². The van der Waals surface area contributed by atoms with Crippen LogP contribution in [-0.4, -0.2) is 17.6 Å². The van der Waals surface area contributed by atoms with Gasteiger partial charge in [-0.3, -0.25) is 4.79 Å². The van der Waals surface area contributed by atoms with Crippen LogP contribution >= 0.6 is 0 Å². The van der Waals surface area contributed by atoms with Gasteiger partial charge in [0.15, 0.2) is 11.5 Å². The van der Waals surface area contributed by atoms with Gasteiger partial charge in [0.05, 0.1) is 5.56 Å². The maximum atomic E-state index is 12.5. The second-order valence-corrected chi connectivity index (χ2v) is 8.80. The van der Waals surface area contributed by atoms with E-state index in [1.54, 1.807) is 6.92 Å². The predicted octanol–water partition coefficient (Wildman–Crippen LogP) is 6.24. The van der Waals surface area contributed by atoms with Gasteiger partial charge in [-0.05, 0) is 35.6 Å². The molecule has 1 heterocycles. The average molecular weight is 496 g/mol. The summed E-state index contributed by atoms with van der Waals surface area (Å²) in [4.78, 5) is 12.5. The van der Waals surface area contributed by atoms with E-state index < -0.39 is 5.91 Å². The lowest BCUT2D eigenvalue weighted by Gasteiger charge is -2.19. The van der Waals surface area contributed by atoms with Crippen molar-refractivity contribution in [2.24, 2.45) is 0 Å². The fourth-order valence-electron chi connectivity index (χ4n) is 3.90. The lowest BCUT2D eigenvalue weighted by atomic mass is 9.96. The number of aromatic nitrogens is 1. The first-order chi connectivity index (χ1) is 18.0. The van der Waals surface area contributed by atoms with Crippen molar-refractivity contribution in [2.75, 3.05) is 6.54 Å². The molecule has 4 rings (SSSR count). The number of carbonyl (C=O) groups excluding carboxylic acids is 1. The van der Waals surface area contributed by atoms with Gasteiger partial charge in [-0.2, -0.15) is 5.26 Å². The van der Waals surface area contributed by atoms with Crippen LogP contribution in [0.15, 0.2) is 77.3 Å². The van der Waals surface area contributed by atoms with E-state index in [0.717, 1.165) is 16.7 Å². The molecule has 37 heavy (non-hydrogen) atoms. The molecule has 1 N–H and O–H groups in total. The van der Waals surface area contributed by atoms with Gasteiger partial charge in [0, 0.05) is 12.6 Å². The summed E-state index contributed by atoms with van der Waals surface area (Å²) in [5.74, 6) is 0.957. The van der Waals surface area contributed by atoms with Crippen LogP contribution in [0, 0.1) is 11.3 Å². The third kappa shape index (κ3) is 5.99. The molecule has 1 aromatic heterocycles. The van der Waals surface area contributed by atoms with Crippen molar-refractivity contribution in [1.82, 2.24) is 10.5 Å². The number of amides is 1. The zero-order valence-electron chi connectivity index (χ0n) is 21.2. The van der Waals surface area contributed by atoms with Crippen molar-refractivity contribution >= 4 is 5.91 Å². The third-order valence-corrected chi connectivity index (χ3v) is 5.81. The van der Waals surface area contributed by atoms with Crippen molar-refractivity contribution < 1.29 is 18.8 Å².